The van der Waals surface area contributed by atoms with E-state index >= 15 is 0 Å². The predicted octanol–water partition coefficient (Wildman–Crippen LogP) is 2.33. The Bertz CT molecular complexity index is 672. The first-order valence-corrected chi connectivity index (χ1v) is 8.08. The quantitative estimate of drug-likeness (QED) is 0.793. The third kappa shape index (κ3) is 4.73. The Morgan fingerprint density at radius 1 is 1.00 bits per heavy atom. The van der Waals surface area contributed by atoms with E-state index < -0.39 is 0 Å². The first-order valence-electron chi connectivity index (χ1n) is 8.08. The number of amides is 1. The molecule has 126 valence electrons. The lowest BCUT2D eigenvalue weighted by Gasteiger charge is -2.19. The standard InChI is InChI=1S/C19H21NO4/c21-19(14-22-9-8-15-4-2-1-3-5-15)20-13-16-6-7-17-18(12-16)24-11-10-23-17/h1-7,12H,8-11,13-14H2,(H,20,21). The maximum Gasteiger partial charge on any atom is 0.246 e. The van der Waals surface area contributed by atoms with Gasteiger partial charge in [0.1, 0.15) is 19.8 Å². The van der Waals surface area contributed by atoms with Crippen LogP contribution in [0.4, 0.5) is 0 Å². The number of hydrogen-bond donors (Lipinski definition) is 1. The smallest absolute Gasteiger partial charge is 0.246 e. The van der Waals surface area contributed by atoms with Crippen LogP contribution in [0.15, 0.2) is 48.5 Å². The molecule has 1 N–H and O–H groups in total. The second-order valence-corrected chi connectivity index (χ2v) is 5.54. The number of hydrogen-bond acceptors (Lipinski definition) is 4. The van der Waals surface area contributed by atoms with Crippen LogP contribution in [0.2, 0.25) is 0 Å². The summed E-state index contributed by atoms with van der Waals surface area (Å²) in [6.45, 7) is 2.16. The largest absolute Gasteiger partial charge is 0.486 e. The summed E-state index contributed by atoms with van der Waals surface area (Å²) in [4.78, 5) is 11.8. The number of nitrogens with one attached hydrogen (secondary N) is 1. The Kier molecular flexibility index (Phi) is 5.69. The van der Waals surface area contributed by atoms with Gasteiger partial charge in [-0.05, 0) is 29.7 Å². The highest BCUT2D eigenvalue weighted by atomic mass is 16.6. The summed E-state index contributed by atoms with van der Waals surface area (Å²) in [6.07, 6.45) is 0.802. The minimum Gasteiger partial charge on any atom is -0.486 e. The Morgan fingerprint density at radius 2 is 1.79 bits per heavy atom. The molecule has 3 rings (SSSR count). The molecule has 2 aromatic rings. The molecular formula is C19H21NO4. The summed E-state index contributed by atoms with van der Waals surface area (Å²) in [5.74, 6) is 1.35. The van der Waals surface area contributed by atoms with E-state index in [9.17, 15) is 4.79 Å². The molecule has 2 aromatic carbocycles. The average molecular weight is 327 g/mol. The molecule has 5 heteroatoms. The van der Waals surface area contributed by atoms with E-state index in [4.69, 9.17) is 14.2 Å². The molecule has 0 saturated carbocycles. The Morgan fingerprint density at radius 3 is 2.62 bits per heavy atom. The van der Waals surface area contributed by atoms with Gasteiger partial charge in [-0.25, -0.2) is 0 Å². The van der Waals surface area contributed by atoms with Crippen LogP contribution in [0.1, 0.15) is 11.1 Å². The van der Waals surface area contributed by atoms with E-state index in [0.29, 0.717) is 26.4 Å². The van der Waals surface area contributed by atoms with Crippen LogP contribution in [0.5, 0.6) is 11.5 Å². The van der Waals surface area contributed by atoms with Crippen molar-refractivity contribution in [2.24, 2.45) is 0 Å². The summed E-state index contributed by atoms with van der Waals surface area (Å²) in [6, 6.07) is 15.7. The van der Waals surface area contributed by atoms with Crippen molar-refractivity contribution in [3.05, 3.63) is 59.7 Å². The maximum absolute atomic E-state index is 11.8. The molecule has 0 fully saturated rings. The second kappa shape index (κ2) is 8.36. The number of benzene rings is 2. The highest BCUT2D eigenvalue weighted by molar-refractivity contribution is 5.77. The van der Waals surface area contributed by atoms with Crippen molar-refractivity contribution in [1.29, 1.82) is 0 Å². The molecule has 0 saturated heterocycles. The van der Waals surface area contributed by atoms with Crippen LogP contribution in [0, 0.1) is 0 Å². The van der Waals surface area contributed by atoms with Gasteiger partial charge in [-0.1, -0.05) is 36.4 Å². The van der Waals surface area contributed by atoms with E-state index in [1.807, 2.05) is 48.5 Å². The fourth-order valence-corrected chi connectivity index (χ4v) is 2.45. The third-order valence-electron chi connectivity index (χ3n) is 3.71. The van der Waals surface area contributed by atoms with Crippen LogP contribution in [0.25, 0.3) is 0 Å². The Labute approximate surface area is 141 Å². The summed E-state index contributed by atoms with van der Waals surface area (Å²) in [7, 11) is 0. The molecular weight excluding hydrogens is 306 g/mol. The van der Waals surface area contributed by atoms with Gasteiger partial charge in [-0.3, -0.25) is 4.79 Å². The number of fused-ring (bicyclic) bond motifs is 1. The molecule has 1 heterocycles. The molecule has 0 atom stereocenters. The van der Waals surface area contributed by atoms with Crippen LogP contribution in [-0.4, -0.2) is 32.3 Å². The molecule has 1 aliphatic heterocycles. The first-order chi connectivity index (χ1) is 11.8. The number of carbonyl (C=O) groups is 1. The van der Waals surface area contributed by atoms with Gasteiger partial charge in [0.05, 0.1) is 6.61 Å². The molecule has 0 bridgehead atoms. The summed E-state index contributed by atoms with van der Waals surface area (Å²) < 4.78 is 16.4. The number of ether oxygens (including phenoxy) is 3. The summed E-state index contributed by atoms with van der Waals surface area (Å²) >= 11 is 0. The van der Waals surface area contributed by atoms with Crippen molar-refractivity contribution in [3.63, 3.8) is 0 Å². The summed E-state index contributed by atoms with van der Waals surface area (Å²) in [5.41, 5.74) is 2.17. The van der Waals surface area contributed by atoms with Gasteiger partial charge in [0.15, 0.2) is 11.5 Å². The van der Waals surface area contributed by atoms with Crippen molar-refractivity contribution >= 4 is 5.91 Å². The van der Waals surface area contributed by atoms with Crippen LogP contribution < -0.4 is 14.8 Å². The first kappa shape index (κ1) is 16.3. The minimum atomic E-state index is -0.127. The topological polar surface area (TPSA) is 56.8 Å². The average Bonchev–Trinajstić information content (AvgIpc) is 2.64. The molecule has 5 nitrogen and oxygen atoms in total. The Balaban J connectivity index is 1.36. The van der Waals surface area contributed by atoms with Crippen molar-refractivity contribution in [2.45, 2.75) is 13.0 Å². The molecule has 0 unspecified atom stereocenters. The molecule has 1 aliphatic rings. The highest BCUT2D eigenvalue weighted by Crippen LogP contribution is 2.30. The number of rotatable bonds is 7. The van der Waals surface area contributed by atoms with Crippen LogP contribution in [0.3, 0.4) is 0 Å². The summed E-state index contributed by atoms with van der Waals surface area (Å²) in [5, 5.41) is 2.84. The lowest BCUT2D eigenvalue weighted by atomic mass is 10.2. The molecule has 1 amide bonds. The van der Waals surface area contributed by atoms with E-state index in [1.165, 1.54) is 5.56 Å². The Hall–Kier alpha value is -2.53. The van der Waals surface area contributed by atoms with Crippen molar-refractivity contribution in [1.82, 2.24) is 5.32 Å². The zero-order valence-corrected chi connectivity index (χ0v) is 13.5. The lowest BCUT2D eigenvalue weighted by Crippen LogP contribution is -2.27. The SMILES string of the molecule is O=C(COCCc1ccccc1)NCc1ccc2c(c1)OCCO2. The van der Waals surface area contributed by atoms with Gasteiger partial charge < -0.3 is 19.5 Å². The lowest BCUT2D eigenvalue weighted by molar-refractivity contribution is -0.125. The fourth-order valence-electron chi connectivity index (χ4n) is 2.45. The van der Waals surface area contributed by atoms with E-state index in [-0.39, 0.29) is 12.5 Å². The van der Waals surface area contributed by atoms with Crippen molar-refractivity contribution < 1.29 is 19.0 Å². The van der Waals surface area contributed by atoms with Gasteiger partial charge >= 0.3 is 0 Å². The van der Waals surface area contributed by atoms with Gasteiger partial charge in [-0.2, -0.15) is 0 Å². The maximum atomic E-state index is 11.8. The fraction of sp³-hybridized carbons (Fsp3) is 0.316. The molecule has 0 aromatic heterocycles. The predicted molar refractivity (Wildman–Crippen MR) is 90.2 cm³/mol. The molecule has 24 heavy (non-hydrogen) atoms. The van der Waals surface area contributed by atoms with Crippen LogP contribution in [-0.2, 0) is 22.5 Å². The third-order valence-corrected chi connectivity index (χ3v) is 3.71. The van der Waals surface area contributed by atoms with Gasteiger partial charge in [0.25, 0.3) is 0 Å². The van der Waals surface area contributed by atoms with Crippen molar-refractivity contribution in [3.8, 4) is 11.5 Å². The molecule has 0 aliphatic carbocycles. The zero-order chi connectivity index (χ0) is 16.6. The van der Waals surface area contributed by atoms with Gasteiger partial charge in [0.2, 0.25) is 5.91 Å². The minimum absolute atomic E-state index is 0.0669. The highest BCUT2D eigenvalue weighted by Gasteiger charge is 2.12. The normalized spacial score (nSPS) is 12.7. The second-order valence-electron chi connectivity index (χ2n) is 5.54. The van der Waals surface area contributed by atoms with Gasteiger partial charge in [-0.15, -0.1) is 0 Å². The zero-order valence-electron chi connectivity index (χ0n) is 13.5. The van der Waals surface area contributed by atoms with E-state index in [2.05, 4.69) is 5.32 Å². The van der Waals surface area contributed by atoms with E-state index in [1.54, 1.807) is 0 Å². The molecule has 0 radical (unpaired) electrons. The van der Waals surface area contributed by atoms with Crippen molar-refractivity contribution in [2.75, 3.05) is 26.4 Å². The van der Waals surface area contributed by atoms with Crippen LogP contribution >= 0.6 is 0 Å². The molecule has 0 spiro atoms. The number of carbonyl (C=O) groups excluding carboxylic acids is 1. The van der Waals surface area contributed by atoms with E-state index in [0.717, 1.165) is 23.5 Å². The van der Waals surface area contributed by atoms with Gasteiger partial charge in [0, 0.05) is 6.54 Å². The monoisotopic (exact) mass is 327 g/mol.